The third kappa shape index (κ3) is 4.09. The van der Waals surface area contributed by atoms with Gasteiger partial charge in [0.05, 0.1) is 5.92 Å². The molecule has 2 unspecified atom stereocenters. The molecule has 0 fully saturated rings. The van der Waals surface area contributed by atoms with E-state index in [9.17, 15) is 9.59 Å². The van der Waals surface area contributed by atoms with Crippen molar-refractivity contribution in [3.63, 3.8) is 0 Å². The van der Waals surface area contributed by atoms with Gasteiger partial charge in [-0.05, 0) is 23.6 Å². The summed E-state index contributed by atoms with van der Waals surface area (Å²) in [6.07, 6.45) is 0. The van der Waals surface area contributed by atoms with E-state index in [0.29, 0.717) is 11.6 Å². The van der Waals surface area contributed by atoms with Crippen molar-refractivity contribution in [1.29, 1.82) is 0 Å². The Balaban J connectivity index is 2.69. The van der Waals surface area contributed by atoms with E-state index >= 15 is 0 Å². The van der Waals surface area contributed by atoms with Crippen LogP contribution in [0.2, 0.25) is 0 Å². The van der Waals surface area contributed by atoms with Crippen molar-refractivity contribution in [3.8, 4) is 0 Å². The van der Waals surface area contributed by atoms with Crippen molar-refractivity contribution in [1.82, 2.24) is 0 Å². The van der Waals surface area contributed by atoms with Crippen molar-refractivity contribution >= 4 is 17.6 Å². The molecule has 4 nitrogen and oxygen atoms in total. The second-order valence-electron chi connectivity index (χ2n) is 5.18. The van der Waals surface area contributed by atoms with Crippen LogP contribution < -0.4 is 5.32 Å². The highest BCUT2D eigenvalue weighted by Crippen LogP contribution is 2.19. The highest BCUT2D eigenvalue weighted by molar-refractivity contribution is 5.94. The number of hydrogen-bond acceptors (Lipinski definition) is 2. The van der Waals surface area contributed by atoms with Crippen LogP contribution in [0.5, 0.6) is 0 Å². The monoisotopic (exact) mass is 263 g/mol. The largest absolute Gasteiger partial charge is 0.481 e. The summed E-state index contributed by atoms with van der Waals surface area (Å²) in [7, 11) is 0. The molecular formula is C15H21NO3. The quantitative estimate of drug-likeness (QED) is 0.857. The number of benzene rings is 1. The summed E-state index contributed by atoms with van der Waals surface area (Å²) in [6.45, 7) is 7.36. The van der Waals surface area contributed by atoms with Gasteiger partial charge in [-0.15, -0.1) is 0 Å². The zero-order valence-electron chi connectivity index (χ0n) is 11.8. The first kappa shape index (κ1) is 15.2. The zero-order chi connectivity index (χ0) is 14.6. The second-order valence-corrected chi connectivity index (χ2v) is 5.18. The molecule has 0 radical (unpaired) electrons. The number of anilines is 1. The van der Waals surface area contributed by atoms with Crippen molar-refractivity contribution in [2.45, 2.75) is 33.6 Å². The SMILES string of the molecule is CC(C)c1ccc(NC(=O)C(C)C(C)C(=O)O)cc1. The van der Waals surface area contributed by atoms with Crippen LogP contribution in [0.4, 0.5) is 5.69 Å². The third-order valence-corrected chi connectivity index (χ3v) is 3.40. The molecule has 0 bridgehead atoms. The molecule has 2 N–H and O–H groups in total. The third-order valence-electron chi connectivity index (χ3n) is 3.40. The molecule has 1 aromatic carbocycles. The van der Waals surface area contributed by atoms with Gasteiger partial charge in [-0.1, -0.05) is 39.8 Å². The average Bonchev–Trinajstić information content (AvgIpc) is 2.37. The Kier molecular flexibility index (Phi) is 5.10. The van der Waals surface area contributed by atoms with Gasteiger partial charge in [0.25, 0.3) is 0 Å². The Hall–Kier alpha value is -1.84. The van der Waals surface area contributed by atoms with Crippen LogP contribution in [0.25, 0.3) is 0 Å². The van der Waals surface area contributed by atoms with Gasteiger partial charge in [0.1, 0.15) is 0 Å². The number of amides is 1. The molecule has 19 heavy (non-hydrogen) atoms. The molecular weight excluding hydrogens is 242 g/mol. The predicted molar refractivity (Wildman–Crippen MR) is 75.1 cm³/mol. The number of aliphatic carboxylic acids is 1. The van der Waals surface area contributed by atoms with Gasteiger partial charge >= 0.3 is 5.97 Å². The Morgan fingerprint density at radius 1 is 1.00 bits per heavy atom. The molecule has 0 heterocycles. The number of nitrogens with one attached hydrogen (secondary N) is 1. The first-order chi connectivity index (χ1) is 8.82. The van der Waals surface area contributed by atoms with Crippen LogP contribution in [-0.2, 0) is 9.59 Å². The van der Waals surface area contributed by atoms with Gasteiger partial charge in [0.15, 0.2) is 0 Å². The topological polar surface area (TPSA) is 66.4 Å². The Morgan fingerprint density at radius 3 is 1.95 bits per heavy atom. The van der Waals surface area contributed by atoms with Gasteiger partial charge in [-0.2, -0.15) is 0 Å². The van der Waals surface area contributed by atoms with Crippen LogP contribution in [0.15, 0.2) is 24.3 Å². The van der Waals surface area contributed by atoms with Crippen molar-refractivity contribution in [2.24, 2.45) is 11.8 Å². The Morgan fingerprint density at radius 2 is 1.53 bits per heavy atom. The number of carboxylic acids is 1. The maximum atomic E-state index is 11.9. The fraction of sp³-hybridized carbons (Fsp3) is 0.467. The van der Waals surface area contributed by atoms with Gasteiger partial charge < -0.3 is 10.4 Å². The van der Waals surface area contributed by atoms with E-state index in [0.717, 1.165) is 0 Å². The minimum Gasteiger partial charge on any atom is -0.481 e. The minimum absolute atomic E-state index is 0.271. The molecule has 0 saturated carbocycles. The number of rotatable bonds is 5. The molecule has 0 aliphatic carbocycles. The van der Waals surface area contributed by atoms with E-state index in [1.807, 2.05) is 24.3 Å². The number of carboxylic acid groups (broad SMARTS) is 1. The standard InChI is InChI=1S/C15H21NO3/c1-9(2)12-5-7-13(8-6-12)16-14(17)10(3)11(4)15(18)19/h5-11H,1-4H3,(H,16,17)(H,18,19). The number of carbonyl (C=O) groups excluding carboxylic acids is 1. The molecule has 0 spiro atoms. The molecule has 0 aliphatic heterocycles. The average molecular weight is 263 g/mol. The van der Waals surface area contributed by atoms with Crippen LogP contribution in [0, 0.1) is 11.8 Å². The van der Waals surface area contributed by atoms with E-state index in [1.165, 1.54) is 12.5 Å². The Bertz CT molecular complexity index is 451. The molecule has 104 valence electrons. The lowest BCUT2D eigenvalue weighted by Crippen LogP contribution is -2.29. The Labute approximate surface area is 113 Å². The molecule has 0 saturated heterocycles. The number of carbonyl (C=O) groups is 2. The van der Waals surface area contributed by atoms with E-state index in [2.05, 4.69) is 19.2 Å². The molecule has 1 aromatic rings. The molecule has 0 aliphatic rings. The summed E-state index contributed by atoms with van der Waals surface area (Å²) in [5.74, 6) is -2.06. The van der Waals surface area contributed by atoms with Crippen LogP contribution in [-0.4, -0.2) is 17.0 Å². The number of hydrogen-bond donors (Lipinski definition) is 2. The second kappa shape index (κ2) is 6.36. The smallest absolute Gasteiger partial charge is 0.307 e. The van der Waals surface area contributed by atoms with E-state index in [1.54, 1.807) is 6.92 Å². The predicted octanol–water partition coefficient (Wildman–Crippen LogP) is 3.11. The van der Waals surface area contributed by atoms with Gasteiger partial charge in [-0.3, -0.25) is 9.59 Å². The summed E-state index contributed by atoms with van der Waals surface area (Å²) in [5.41, 5.74) is 1.89. The summed E-state index contributed by atoms with van der Waals surface area (Å²) < 4.78 is 0. The van der Waals surface area contributed by atoms with Crippen LogP contribution in [0.3, 0.4) is 0 Å². The fourth-order valence-electron chi connectivity index (χ4n) is 1.65. The summed E-state index contributed by atoms with van der Waals surface area (Å²) in [4.78, 5) is 22.7. The summed E-state index contributed by atoms with van der Waals surface area (Å²) >= 11 is 0. The first-order valence-electron chi connectivity index (χ1n) is 6.46. The summed E-state index contributed by atoms with van der Waals surface area (Å²) in [5, 5.41) is 11.6. The molecule has 2 atom stereocenters. The lowest BCUT2D eigenvalue weighted by molar-refractivity contribution is -0.145. The fourth-order valence-corrected chi connectivity index (χ4v) is 1.65. The van der Waals surface area contributed by atoms with Gasteiger partial charge in [0, 0.05) is 11.6 Å². The molecule has 0 aromatic heterocycles. The van der Waals surface area contributed by atoms with E-state index < -0.39 is 17.8 Å². The maximum Gasteiger partial charge on any atom is 0.307 e. The molecule has 1 amide bonds. The van der Waals surface area contributed by atoms with E-state index in [-0.39, 0.29) is 5.91 Å². The zero-order valence-corrected chi connectivity index (χ0v) is 11.8. The normalized spacial score (nSPS) is 13.9. The van der Waals surface area contributed by atoms with Gasteiger partial charge in [0.2, 0.25) is 5.91 Å². The molecule has 4 heteroatoms. The first-order valence-corrected chi connectivity index (χ1v) is 6.46. The highest BCUT2D eigenvalue weighted by atomic mass is 16.4. The lowest BCUT2D eigenvalue weighted by atomic mass is 9.95. The van der Waals surface area contributed by atoms with Crippen molar-refractivity contribution < 1.29 is 14.7 Å². The van der Waals surface area contributed by atoms with Crippen molar-refractivity contribution in [2.75, 3.05) is 5.32 Å². The van der Waals surface area contributed by atoms with Crippen molar-refractivity contribution in [3.05, 3.63) is 29.8 Å². The lowest BCUT2D eigenvalue weighted by Gasteiger charge is -2.16. The highest BCUT2D eigenvalue weighted by Gasteiger charge is 2.25. The maximum absolute atomic E-state index is 11.9. The van der Waals surface area contributed by atoms with Crippen LogP contribution >= 0.6 is 0 Å². The molecule has 1 rings (SSSR count). The summed E-state index contributed by atoms with van der Waals surface area (Å²) in [6, 6.07) is 7.61. The van der Waals surface area contributed by atoms with Gasteiger partial charge in [-0.25, -0.2) is 0 Å². The van der Waals surface area contributed by atoms with Crippen LogP contribution in [0.1, 0.15) is 39.2 Å². The minimum atomic E-state index is -0.960. The van der Waals surface area contributed by atoms with E-state index in [4.69, 9.17) is 5.11 Å².